The summed E-state index contributed by atoms with van der Waals surface area (Å²) >= 11 is 0. The summed E-state index contributed by atoms with van der Waals surface area (Å²) in [4.78, 5) is 10.5. The van der Waals surface area contributed by atoms with Crippen LogP contribution in [-0.4, -0.2) is 80.3 Å². The summed E-state index contributed by atoms with van der Waals surface area (Å²) in [5.41, 5.74) is 10.3. The van der Waals surface area contributed by atoms with E-state index in [1.807, 2.05) is 13.8 Å². The Bertz CT molecular complexity index is 455. The predicted octanol–water partition coefficient (Wildman–Crippen LogP) is 3.02. The molecular weight excluding hydrogens is 476 g/mol. The van der Waals surface area contributed by atoms with Gasteiger partial charge in [0.15, 0.2) is 17.4 Å². The number of aliphatic hydroxyl groups excluding tert-OH is 2. The number of carbonyl (C=O) groups is 1. The molecule has 35 heavy (non-hydrogen) atoms. The lowest BCUT2D eigenvalue weighted by atomic mass is 10.0. The second-order valence-corrected chi connectivity index (χ2v) is 9.50. The zero-order chi connectivity index (χ0) is 26.5. The number of nitrogens with two attached hydrogens (primary N) is 2. The molecule has 0 radical (unpaired) electrons. The van der Waals surface area contributed by atoms with E-state index in [1.54, 1.807) is 13.8 Å². The number of ketones is 1. The lowest BCUT2D eigenvalue weighted by molar-refractivity contribution is -0.262. The molecule has 0 unspecified atom stereocenters. The van der Waals surface area contributed by atoms with Crippen LogP contribution in [0.2, 0.25) is 0 Å². The van der Waals surface area contributed by atoms with Crippen LogP contribution in [0.3, 0.4) is 0 Å². The molecule has 0 amide bonds. The van der Waals surface area contributed by atoms with Crippen molar-refractivity contribution in [3.8, 4) is 0 Å². The molecule has 0 bridgehead atoms. The normalized spacial score (nSPS) is 18.7. The maximum atomic E-state index is 10.5. The van der Waals surface area contributed by atoms with Gasteiger partial charge in [-0.1, -0.05) is 26.7 Å². The molecular formula is C25H55ClN2O7. The Labute approximate surface area is 220 Å². The number of ether oxygens (including phenoxy) is 4. The van der Waals surface area contributed by atoms with Crippen molar-refractivity contribution in [2.75, 3.05) is 52.7 Å². The minimum absolute atomic E-state index is 0. The van der Waals surface area contributed by atoms with Crippen LogP contribution in [0.4, 0.5) is 0 Å². The van der Waals surface area contributed by atoms with Crippen molar-refractivity contribution >= 4 is 18.2 Å². The van der Waals surface area contributed by atoms with Gasteiger partial charge in [-0.25, -0.2) is 0 Å². The fraction of sp³-hybridized carbons (Fsp3) is 0.960. The first-order valence-electron chi connectivity index (χ1n) is 12.7. The molecule has 2 fully saturated rings. The van der Waals surface area contributed by atoms with Gasteiger partial charge < -0.3 is 40.6 Å². The number of unbranched alkanes of at least 4 members (excludes halogenated alkanes) is 1. The van der Waals surface area contributed by atoms with Gasteiger partial charge in [-0.15, -0.1) is 12.4 Å². The van der Waals surface area contributed by atoms with Crippen LogP contribution in [0.5, 0.6) is 0 Å². The molecule has 0 aromatic carbocycles. The average Bonchev–Trinajstić information content (AvgIpc) is 2.82. The molecule has 10 heteroatoms. The number of hydrogen-bond acceptors (Lipinski definition) is 9. The number of halogens is 1. The lowest BCUT2D eigenvalue weighted by Gasteiger charge is -2.34. The molecule has 2 rings (SSSR count). The van der Waals surface area contributed by atoms with Crippen molar-refractivity contribution in [2.24, 2.45) is 23.3 Å². The highest BCUT2D eigenvalue weighted by molar-refractivity contribution is 5.85. The summed E-state index contributed by atoms with van der Waals surface area (Å²) in [6.45, 7) is 15.5. The van der Waals surface area contributed by atoms with Gasteiger partial charge in [0.05, 0.1) is 13.2 Å². The Kier molecular flexibility index (Phi) is 26.9. The Morgan fingerprint density at radius 1 is 0.857 bits per heavy atom. The van der Waals surface area contributed by atoms with E-state index in [1.165, 1.54) is 19.3 Å². The second kappa shape index (κ2) is 24.0. The van der Waals surface area contributed by atoms with Gasteiger partial charge in [0.1, 0.15) is 13.2 Å². The monoisotopic (exact) mass is 530 g/mol. The quantitative estimate of drug-likeness (QED) is 0.353. The highest BCUT2D eigenvalue weighted by Crippen LogP contribution is 2.23. The van der Waals surface area contributed by atoms with E-state index >= 15 is 0 Å². The minimum Gasteiger partial charge on any atom is -0.396 e. The van der Waals surface area contributed by atoms with E-state index in [0.717, 1.165) is 39.0 Å². The van der Waals surface area contributed by atoms with Crippen molar-refractivity contribution in [2.45, 2.75) is 91.6 Å². The molecule has 2 heterocycles. The smallest absolute Gasteiger partial charge is 0.184 e. The van der Waals surface area contributed by atoms with E-state index in [2.05, 4.69) is 13.8 Å². The molecule has 0 atom stereocenters. The Morgan fingerprint density at radius 3 is 1.66 bits per heavy atom. The summed E-state index contributed by atoms with van der Waals surface area (Å²) in [6, 6.07) is 0. The van der Waals surface area contributed by atoms with E-state index in [4.69, 9.17) is 40.6 Å². The third-order valence-corrected chi connectivity index (χ3v) is 5.08. The average molecular weight is 531 g/mol. The van der Waals surface area contributed by atoms with Crippen LogP contribution >= 0.6 is 12.4 Å². The van der Waals surface area contributed by atoms with Gasteiger partial charge >= 0.3 is 0 Å². The van der Waals surface area contributed by atoms with Crippen LogP contribution in [0.25, 0.3) is 0 Å². The SMILES string of the molecule is CC1(C)OCC(=O)CO1.CCCCC1COC(C)(C)OC1.CCCN.Cl.NCCCC(CO)CO. The minimum atomic E-state index is -0.562. The standard InChI is InChI=1S/C10H20O2.C6H15NO2.C6H10O3.C3H9N.ClH/c1-4-5-6-9-7-11-10(2,3)12-8-9;7-3-1-2-6(4-8)5-9;1-6(2)8-3-5(7)4-9-6;1-2-3-4;/h9H,4-8H2,1-3H3;6,8-9H,1-5,7H2;3-4H2,1-2H3;2-4H2,1H3;1H. The maximum absolute atomic E-state index is 10.5. The molecule has 9 nitrogen and oxygen atoms in total. The largest absolute Gasteiger partial charge is 0.396 e. The van der Waals surface area contributed by atoms with Gasteiger partial charge in [0.2, 0.25) is 0 Å². The number of rotatable bonds is 9. The second-order valence-electron chi connectivity index (χ2n) is 9.50. The van der Waals surface area contributed by atoms with Crippen molar-refractivity contribution < 1.29 is 34.0 Å². The third-order valence-electron chi connectivity index (χ3n) is 5.08. The predicted molar refractivity (Wildman–Crippen MR) is 143 cm³/mol. The fourth-order valence-electron chi connectivity index (χ4n) is 2.63. The number of Topliss-reactive ketones (excluding diaryl/α,β-unsaturated/α-hetero) is 1. The summed E-state index contributed by atoms with van der Waals surface area (Å²) in [5, 5.41) is 17.1. The number of hydrogen-bond donors (Lipinski definition) is 4. The van der Waals surface area contributed by atoms with Crippen LogP contribution in [0, 0.1) is 11.8 Å². The summed E-state index contributed by atoms with van der Waals surface area (Å²) in [5.74, 6) is -0.239. The van der Waals surface area contributed by atoms with E-state index < -0.39 is 5.79 Å². The van der Waals surface area contributed by atoms with Gasteiger partial charge in [-0.3, -0.25) is 4.79 Å². The van der Waals surface area contributed by atoms with Crippen molar-refractivity contribution in [3.05, 3.63) is 0 Å². The Morgan fingerprint density at radius 2 is 1.31 bits per heavy atom. The van der Waals surface area contributed by atoms with Crippen molar-refractivity contribution in [3.63, 3.8) is 0 Å². The van der Waals surface area contributed by atoms with Gasteiger partial charge in [-0.05, 0) is 66.5 Å². The first kappa shape index (κ1) is 39.2. The van der Waals surface area contributed by atoms with Crippen LogP contribution < -0.4 is 11.5 Å². The van der Waals surface area contributed by atoms with E-state index in [9.17, 15) is 4.79 Å². The van der Waals surface area contributed by atoms with Crippen LogP contribution in [0.1, 0.15) is 80.1 Å². The first-order valence-corrected chi connectivity index (χ1v) is 12.7. The lowest BCUT2D eigenvalue weighted by Crippen LogP contribution is -2.39. The molecule has 2 saturated heterocycles. The van der Waals surface area contributed by atoms with Gasteiger partial charge in [0, 0.05) is 25.0 Å². The molecule has 2 aliphatic rings. The van der Waals surface area contributed by atoms with Crippen molar-refractivity contribution in [1.82, 2.24) is 0 Å². The molecule has 0 aromatic heterocycles. The maximum Gasteiger partial charge on any atom is 0.184 e. The molecule has 6 N–H and O–H groups in total. The first-order chi connectivity index (χ1) is 16.0. The summed E-state index contributed by atoms with van der Waals surface area (Å²) in [6.07, 6.45) is 6.60. The van der Waals surface area contributed by atoms with Gasteiger partial charge in [0.25, 0.3) is 0 Å². The van der Waals surface area contributed by atoms with Gasteiger partial charge in [-0.2, -0.15) is 0 Å². The topological polar surface area (TPSA) is 146 Å². The summed E-state index contributed by atoms with van der Waals surface area (Å²) in [7, 11) is 0. The number of aliphatic hydroxyl groups is 2. The molecule has 0 spiro atoms. The van der Waals surface area contributed by atoms with Crippen LogP contribution in [0.15, 0.2) is 0 Å². The molecule has 2 aliphatic heterocycles. The van der Waals surface area contributed by atoms with E-state index in [-0.39, 0.29) is 56.3 Å². The molecule has 0 aromatic rings. The summed E-state index contributed by atoms with van der Waals surface area (Å²) < 4.78 is 21.1. The Hall–Kier alpha value is -0.360. The Balaban J connectivity index is -0.000000407. The molecule has 0 aliphatic carbocycles. The number of carbonyl (C=O) groups excluding carboxylic acids is 1. The van der Waals surface area contributed by atoms with E-state index in [0.29, 0.717) is 12.5 Å². The third kappa shape index (κ3) is 25.1. The fourth-order valence-corrected chi connectivity index (χ4v) is 2.63. The highest BCUT2D eigenvalue weighted by atomic mass is 35.5. The molecule has 0 saturated carbocycles. The van der Waals surface area contributed by atoms with Crippen molar-refractivity contribution in [1.29, 1.82) is 0 Å². The highest BCUT2D eigenvalue weighted by Gasteiger charge is 2.27. The zero-order valence-corrected chi connectivity index (χ0v) is 23.9. The zero-order valence-electron chi connectivity index (χ0n) is 23.1. The molecule has 214 valence electrons. The van der Waals surface area contributed by atoms with Crippen LogP contribution in [-0.2, 0) is 23.7 Å².